The lowest BCUT2D eigenvalue weighted by Crippen LogP contribution is -2.11. The molecule has 1 heterocycles. The number of carbonyl (C=O) groups excluding carboxylic acids is 1. The standard InChI is InChI=1S/C9H14N4O3S/c1-15-4-7-11-6(13-10)3-8(12-7)17-5-9(14)16-2/h3H,4-5,10H2,1-2H3,(H,11,12,13). The van der Waals surface area contributed by atoms with Crippen molar-refractivity contribution < 1.29 is 14.3 Å². The Morgan fingerprint density at radius 3 is 2.88 bits per heavy atom. The number of nitrogens with zero attached hydrogens (tertiary/aromatic N) is 2. The fraction of sp³-hybridized carbons (Fsp3) is 0.444. The SMILES string of the molecule is COCc1nc(NN)cc(SCC(=O)OC)n1. The molecule has 0 unspecified atom stereocenters. The summed E-state index contributed by atoms with van der Waals surface area (Å²) >= 11 is 1.25. The highest BCUT2D eigenvalue weighted by Crippen LogP contribution is 2.18. The summed E-state index contributed by atoms with van der Waals surface area (Å²) in [6.45, 7) is 0.279. The highest BCUT2D eigenvalue weighted by atomic mass is 32.2. The third-order valence-corrected chi connectivity index (χ3v) is 2.62. The van der Waals surface area contributed by atoms with Gasteiger partial charge in [-0.25, -0.2) is 15.8 Å². The first kappa shape index (κ1) is 13.7. The van der Waals surface area contributed by atoms with Gasteiger partial charge in [-0.2, -0.15) is 0 Å². The molecular weight excluding hydrogens is 244 g/mol. The van der Waals surface area contributed by atoms with E-state index in [1.165, 1.54) is 18.9 Å². The molecule has 0 atom stereocenters. The van der Waals surface area contributed by atoms with Gasteiger partial charge in [0.25, 0.3) is 0 Å². The molecular formula is C9H14N4O3S. The van der Waals surface area contributed by atoms with E-state index in [2.05, 4.69) is 20.1 Å². The maximum atomic E-state index is 11.0. The van der Waals surface area contributed by atoms with E-state index in [-0.39, 0.29) is 18.3 Å². The topological polar surface area (TPSA) is 99.4 Å². The molecule has 7 nitrogen and oxygen atoms in total. The van der Waals surface area contributed by atoms with Crippen LogP contribution in [0.5, 0.6) is 0 Å². The summed E-state index contributed by atoms with van der Waals surface area (Å²) in [6, 6.07) is 1.65. The number of nitrogens with one attached hydrogen (secondary N) is 1. The summed E-state index contributed by atoms with van der Waals surface area (Å²) in [5.74, 6) is 6.12. The van der Waals surface area contributed by atoms with E-state index < -0.39 is 0 Å². The van der Waals surface area contributed by atoms with Crippen LogP contribution in [0.3, 0.4) is 0 Å². The highest BCUT2D eigenvalue weighted by Gasteiger charge is 2.07. The van der Waals surface area contributed by atoms with E-state index in [0.717, 1.165) is 0 Å². The molecule has 0 aromatic carbocycles. The Kier molecular flexibility index (Phi) is 5.67. The van der Waals surface area contributed by atoms with E-state index in [0.29, 0.717) is 16.7 Å². The van der Waals surface area contributed by atoms with Gasteiger partial charge in [-0.3, -0.25) is 4.79 Å². The number of methoxy groups -OCH3 is 2. The van der Waals surface area contributed by atoms with Crippen molar-refractivity contribution >= 4 is 23.5 Å². The molecule has 0 amide bonds. The molecule has 0 aliphatic heterocycles. The Morgan fingerprint density at radius 2 is 2.29 bits per heavy atom. The number of hydrogen-bond donors (Lipinski definition) is 2. The number of anilines is 1. The van der Waals surface area contributed by atoms with E-state index in [1.807, 2.05) is 0 Å². The lowest BCUT2D eigenvalue weighted by Gasteiger charge is -2.06. The summed E-state index contributed by atoms with van der Waals surface area (Å²) in [5.41, 5.74) is 2.43. The van der Waals surface area contributed by atoms with Crippen LogP contribution in [0.1, 0.15) is 5.82 Å². The van der Waals surface area contributed by atoms with Crippen LogP contribution in [-0.4, -0.2) is 35.9 Å². The number of thioether (sulfide) groups is 1. The zero-order valence-electron chi connectivity index (χ0n) is 9.60. The third-order valence-electron chi connectivity index (χ3n) is 1.74. The Morgan fingerprint density at radius 1 is 1.53 bits per heavy atom. The number of hydrogen-bond acceptors (Lipinski definition) is 8. The Balaban J connectivity index is 2.75. The number of carbonyl (C=O) groups is 1. The normalized spacial score (nSPS) is 10.1. The first-order chi connectivity index (χ1) is 8.19. The van der Waals surface area contributed by atoms with Gasteiger partial charge in [0.2, 0.25) is 0 Å². The smallest absolute Gasteiger partial charge is 0.316 e. The lowest BCUT2D eigenvalue weighted by molar-refractivity contribution is -0.137. The zero-order chi connectivity index (χ0) is 12.7. The maximum Gasteiger partial charge on any atom is 0.316 e. The second kappa shape index (κ2) is 7.05. The average molecular weight is 258 g/mol. The average Bonchev–Trinajstić information content (AvgIpc) is 2.36. The molecule has 0 aliphatic carbocycles. The number of rotatable bonds is 6. The minimum absolute atomic E-state index is 0.184. The molecule has 0 aliphatic rings. The second-order valence-electron chi connectivity index (χ2n) is 2.95. The van der Waals surface area contributed by atoms with Gasteiger partial charge in [0.1, 0.15) is 17.5 Å². The van der Waals surface area contributed by atoms with Gasteiger partial charge >= 0.3 is 5.97 Å². The van der Waals surface area contributed by atoms with Crippen LogP contribution in [-0.2, 0) is 20.9 Å². The first-order valence-electron chi connectivity index (χ1n) is 4.72. The molecule has 17 heavy (non-hydrogen) atoms. The quantitative estimate of drug-likeness (QED) is 0.245. The van der Waals surface area contributed by atoms with E-state index in [9.17, 15) is 4.79 Å². The molecule has 0 saturated heterocycles. The van der Waals surface area contributed by atoms with Gasteiger partial charge in [-0.05, 0) is 0 Å². The van der Waals surface area contributed by atoms with E-state index in [1.54, 1.807) is 13.2 Å². The fourth-order valence-electron chi connectivity index (χ4n) is 1.01. The van der Waals surface area contributed by atoms with Gasteiger partial charge in [0.05, 0.1) is 12.9 Å². The summed E-state index contributed by atoms with van der Waals surface area (Å²) in [7, 11) is 2.89. The number of nitrogen functional groups attached to an aromatic ring is 1. The predicted octanol–water partition coefficient (Wildman–Crippen LogP) is 0.174. The fourth-order valence-corrected chi connectivity index (χ4v) is 1.75. The van der Waals surface area contributed by atoms with Crippen LogP contribution in [0.4, 0.5) is 5.82 Å². The van der Waals surface area contributed by atoms with Crippen LogP contribution >= 0.6 is 11.8 Å². The Labute approximate surface area is 103 Å². The Hall–Kier alpha value is -1.38. The minimum atomic E-state index is -0.316. The van der Waals surface area contributed by atoms with Crippen molar-refractivity contribution in [3.8, 4) is 0 Å². The van der Waals surface area contributed by atoms with Crippen molar-refractivity contribution in [2.45, 2.75) is 11.6 Å². The molecule has 0 spiro atoms. The van der Waals surface area contributed by atoms with E-state index >= 15 is 0 Å². The molecule has 1 aromatic rings. The zero-order valence-corrected chi connectivity index (χ0v) is 10.4. The van der Waals surface area contributed by atoms with Crippen LogP contribution < -0.4 is 11.3 Å². The monoisotopic (exact) mass is 258 g/mol. The molecule has 1 rings (SSSR count). The number of aromatic nitrogens is 2. The minimum Gasteiger partial charge on any atom is -0.468 e. The van der Waals surface area contributed by atoms with Crippen molar-refractivity contribution in [3.05, 3.63) is 11.9 Å². The molecule has 0 fully saturated rings. The third kappa shape index (κ3) is 4.55. The molecule has 3 N–H and O–H groups in total. The van der Waals surface area contributed by atoms with Crippen molar-refractivity contribution in [3.63, 3.8) is 0 Å². The van der Waals surface area contributed by atoms with Crippen molar-refractivity contribution in [1.82, 2.24) is 9.97 Å². The summed E-state index contributed by atoms with van der Waals surface area (Å²) in [5, 5.41) is 0.630. The van der Waals surface area contributed by atoms with E-state index in [4.69, 9.17) is 10.6 Å². The Bertz CT molecular complexity index is 389. The maximum absolute atomic E-state index is 11.0. The molecule has 1 aromatic heterocycles. The van der Waals surface area contributed by atoms with Gasteiger partial charge < -0.3 is 14.9 Å². The highest BCUT2D eigenvalue weighted by molar-refractivity contribution is 7.99. The van der Waals surface area contributed by atoms with Gasteiger partial charge in [-0.1, -0.05) is 11.8 Å². The molecule has 0 bridgehead atoms. The van der Waals surface area contributed by atoms with Gasteiger partial charge in [0.15, 0.2) is 5.82 Å². The predicted molar refractivity (Wildman–Crippen MR) is 63.3 cm³/mol. The molecule has 0 saturated carbocycles. The first-order valence-corrected chi connectivity index (χ1v) is 5.71. The van der Waals surface area contributed by atoms with Gasteiger partial charge in [0, 0.05) is 13.2 Å². The summed E-state index contributed by atoms with van der Waals surface area (Å²) < 4.78 is 9.47. The second-order valence-corrected chi connectivity index (χ2v) is 3.95. The molecule has 8 heteroatoms. The van der Waals surface area contributed by atoms with Crippen molar-refractivity contribution in [2.24, 2.45) is 5.84 Å². The number of hydrazine groups is 1. The largest absolute Gasteiger partial charge is 0.468 e. The summed E-state index contributed by atoms with van der Waals surface area (Å²) in [6.07, 6.45) is 0. The van der Waals surface area contributed by atoms with Crippen LogP contribution in [0, 0.1) is 0 Å². The number of nitrogens with two attached hydrogens (primary N) is 1. The van der Waals surface area contributed by atoms with Crippen molar-refractivity contribution in [1.29, 1.82) is 0 Å². The number of esters is 1. The van der Waals surface area contributed by atoms with Crippen LogP contribution in [0.25, 0.3) is 0 Å². The lowest BCUT2D eigenvalue weighted by atomic mass is 10.5. The summed E-state index contributed by atoms with van der Waals surface area (Å²) in [4.78, 5) is 19.3. The number of ether oxygens (including phenoxy) is 2. The van der Waals surface area contributed by atoms with Crippen LogP contribution in [0.2, 0.25) is 0 Å². The van der Waals surface area contributed by atoms with Crippen molar-refractivity contribution in [2.75, 3.05) is 25.4 Å². The van der Waals surface area contributed by atoms with Gasteiger partial charge in [-0.15, -0.1) is 0 Å². The van der Waals surface area contributed by atoms with Crippen LogP contribution in [0.15, 0.2) is 11.1 Å². The molecule has 94 valence electrons. The molecule has 0 radical (unpaired) electrons.